The van der Waals surface area contributed by atoms with Gasteiger partial charge in [-0.3, -0.25) is 19.3 Å². The van der Waals surface area contributed by atoms with Gasteiger partial charge in [0.2, 0.25) is 11.8 Å². The summed E-state index contributed by atoms with van der Waals surface area (Å²) in [4.78, 5) is 57.4. The molecule has 3 atom stereocenters. The zero-order valence-corrected chi connectivity index (χ0v) is 30.4. The van der Waals surface area contributed by atoms with E-state index >= 15 is 0 Å². The number of hydrogen-bond donors (Lipinski definition) is 2. The van der Waals surface area contributed by atoms with Crippen LogP contribution in [0.15, 0.2) is 133 Å². The first kappa shape index (κ1) is 36.6. The van der Waals surface area contributed by atoms with E-state index in [4.69, 9.17) is 4.74 Å². The number of para-hydroxylation sites is 1. The smallest absolute Gasteiger partial charge is 0.328 e. The second-order valence-electron chi connectivity index (χ2n) is 13.6. The van der Waals surface area contributed by atoms with Gasteiger partial charge in [-0.05, 0) is 65.8 Å². The first-order valence-corrected chi connectivity index (χ1v) is 17.7. The minimum atomic E-state index is -1.47. The van der Waals surface area contributed by atoms with Gasteiger partial charge in [-0.15, -0.1) is 0 Å². The Kier molecular flexibility index (Phi) is 11.0. The van der Waals surface area contributed by atoms with E-state index in [9.17, 15) is 19.2 Å². The Hall–Kier alpha value is -6.22. The van der Waals surface area contributed by atoms with Crippen LogP contribution < -0.4 is 15.4 Å². The van der Waals surface area contributed by atoms with Gasteiger partial charge in [-0.2, -0.15) is 0 Å². The van der Waals surface area contributed by atoms with Crippen molar-refractivity contribution in [1.29, 1.82) is 0 Å². The maximum Gasteiger partial charge on any atom is 0.328 e. The van der Waals surface area contributed by atoms with Crippen molar-refractivity contribution < 1.29 is 23.9 Å². The molecule has 0 aliphatic carbocycles. The number of carbonyl (C=O) groups is 4. The molecule has 5 aromatic carbocycles. The van der Waals surface area contributed by atoms with Gasteiger partial charge < -0.3 is 20.3 Å². The lowest BCUT2D eigenvalue weighted by molar-refractivity contribution is -0.136. The van der Waals surface area contributed by atoms with Crippen molar-refractivity contribution in [3.63, 3.8) is 0 Å². The number of nitrogens with one attached hydrogen (secondary N) is 2. The van der Waals surface area contributed by atoms with E-state index in [2.05, 4.69) is 10.6 Å². The number of methoxy groups -OCH3 is 1. The Morgan fingerprint density at radius 1 is 0.623 bits per heavy atom. The van der Waals surface area contributed by atoms with Crippen molar-refractivity contribution in [2.75, 3.05) is 20.2 Å². The van der Waals surface area contributed by atoms with Gasteiger partial charge in [0.15, 0.2) is 0 Å². The Morgan fingerprint density at radius 3 is 1.55 bits per heavy atom. The highest BCUT2D eigenvalue weighted by Gasteiger charge is 2.55. The standard InChI is InChI=1S/C44H44N4O5/c1-30(32-19-23-36(24-20-32)34-13-7-5-8-14-34)45-40(49)28-47-42(51)44(3,27-38-17-11-12-18-39(38)53-4)48(43(47)52)29-41(50)46-31(2)33-21-25-37(26-22-33)35-15-9-6-10-16-35/h5-26,30-31H,27-29H2,1-4H3,(H,45,49)(H,46,50)/t30-,31+,44+/m0/s1. The van der Waals surface area contributed by atoms with Gasteiger partial charge in [-0.1, -0.05) is 127 Å². The summed E-state index contributed by atoms with van der Waals surface area (Å²) >= 11 is 0. The van der Waals surface area contributed by atoms with Crippen molar-refractivity contribution in [1.82, 2.24) is 20.4 Å². The maximum atomic E-state index is 14.2. The minimum Gasteiger partial charge on any atom is -0.496 e. The van der Waals surface area contributed by atoms with Gasteiger partial charge in [0.05, 0.1) is 19.2 Å². The summed E-state index contributed by atoms with van der Waals surface area (Å²) in [6.07, 6.45) is 0.0770. The molecule has 1 heterocycles. The van der Waals surface area contributed by atoms with Crippen LogP contribution in [-0.2, 0) is 20.8 Å². The molecule has 5 amide bonds. The van der Waals surface area contributed by atoms with Gasteiger partial charge in [0.1, 0.15) is 24.4 Å². The molecule has 1 saturated heterocycles. The summed E-state index contributed by atoms with van der Waals surface area (Å²) in [6, 6.07) is 41.6. The van der Waals surface area contributed by atoms with Crippen molar-refractivity contribution in [2.24, 2.45) is 0 Å². The number of hydrogen-bond acceptors (Lipinski definition) is 5. The van der Waals surface area contributed by atoms with Crippen LogP contribution >= 0.6 is 0 Å². The number of amides is 5. The van der Waals surface area contributed by atoms with E-state index in [0.717, 1.165) is 38.3 Å². The number of carbonyl (C=O) groups excluding carboxylic acids is 4. The zero-order chi connectivity index (χ0) is 37.5. The molecule has 0 radical (unpaired) electrons. The maximum absolute atomic E-state index is 14.2. The number of benzene rings is 5. The molecule has 0 saturated carbocycles. The highest BCUT2D eigenvalue weighted by molar-refractivity contribution is 6.10. The normalized spacial score (nSPS) is 16.6. The third kappa shape index (κ3) is 8.15. The SMILES string of the molecule is COc1ccccc1C[C@]1(C)C(=O)N(CC(=O)N[C@@H](C)c2ccc(-c3ccccc3)cc2)C(=O)N1CC(=O)N[C@H](C)c1ccc(-c2ccccc2)cc1. The molecule has 0 aromatic heterocycles. The Morgan fingerprint density at radius 2 is 1.06 bits per heavy atom. The van der Waals surface area contributed by atoms with Crippen molar-refractivity contribution in [3.05, 3.63) is 150 Å². The summed E-state index contributed by atoms with van der Waals surface area (Å²) < 4.78 is 5.56. The van der Waals surface area contributed by atoms with Crippen LogP contribution in [0, 0.1) is 0 Å². The monoisotopic (exact) mass is 708 g/mol. The first-order valence-electron chi connectivity index (χ1n) is 17.7. The number of nitrogens with zero attached hydrogens (tertiary/aromatic N) is 2. The molecule has 5 aromatic rings. The molecule has 9 nitrogen and oxygen atoms in total. The molecule has 53 heavy (non-hydrogen) atoms. The summed E-state index contributed by atoms with van der Waals surface area (Å²) in [7, 11) is 1.54. The molecular weight excluding hydrogens is 665 g/mol. The van der Waals surface area contributed by atoms with Gasteiger partial charge in [-0.25, -0.2) is 4.79 Å². The van der Waals surface area contributed by atoms with Crippen LogP contribution in [0.25, 0.3) is 22.3 Å². The predicted octanol–water partition coefficient (Wildman–Crippen LogP) is 7.35. The van der Waals surface area contributed by atoms with E-state index in [1.54, 1.807) is 13.0 Å². The molecule has 1 fully saturated rings. The highest BCUT2D eigenvalue weighted by Crippen LogP contribution is 2.34. The molecule has 2 N–H and O–H groups in total. The van der Waals surface area contributed by atoms with Crippen LogP contribution in [0.3, 0.4) is 0 Å². The van der Waals surface area contributed by atoms with Gasteiger partial charge in [0.25, 0.3) is 5.91 Å². The van der Waals surface area contributed by atoms with E-state index in [1.807, 2.05) is 141 Å². The van der Waals surface area contributed by atoms with Crippen LogP contribution in [-0.4, -0.2) is 59.3 Å². The highest BCUT2D eigenvalue weighted by atomic mass is 16.5. The molecule has 0 bridgehead atoms. The third-order valence-electron chi connectivity index (χ3n) is 9.88. The fourth-order valence-corrected chi connectivity index (χ4v) is 6.84. The number of rotatable bonds is 13. The van der Waals surface area contributed by atoms with E-state index in [-0.39, 0.29) is 25.0 Å². The minimum absolute atomic E-state index is 0.0770. The Labute approximate surface area is 310 Å². The largest absolute Gasteiger partial charge is 0.496 e. The van der Waals surface area contributed by atoms with E-state index in [0.29, 0.717) is 11.3 Å². The van der Waals surface area contributed by atoms with Gasteiger partial charge in [0, 0.05) is 6.42 Å². The average molecular weight is 709 g/mol. The van der Waals surface area contributed by atoms with Crippen molar-refractivity contribution in [2.45, 2.75) is 44.8 Å². The fraction of sp³-hybridized carbons (Fsp3) is 0.227. The zero-order valence-electron chi connectivity index (χ0n) is 30.4. The van der Waals surface area contributed by atoms with Crippen LogP contribution in [0.1, 0.15) is 49.5 Å². The second-order valence-corrected chi connectivity index (χ2v) is 13.6. The molecule has 0 spiro atoms. The summed E-state index contributed by atoms with van der Waals surface area (Å²) in [5.74, 6) is -0.948. The van der Waals surface area contributed by atoms with Crippen LogP contribution in [0.4, 0.5) is 4.79 Å². The third-order valence-corrected chi connectivity index (χ3v) is 9.88. The van der Waals surface area contributed by atoms with Gasteiger partial charge >= 0.3 is 6.03 Å². The van der Waals surface area contributed by atoms with Crippen molar-refractivity contribution in [3.8, 4) is 28.0 Å². The summed E-state index contributed by atoms with van der Waals surface area (Å²) in [5, 5.41) is 5.92. The number of imide groups is 1. The second kappa shape index (κ2) is 16.0. The summed E-state index contributed by atoms with van der Waals surface area (Å²) in [6.45, 7) is 4.47. The molecule has 6 rings (SSSR count). The average Bonchev–Trinajstić information content (AvgIpc) is 3.34. The first-order chi connectivity index (χ1) is 25.6. The molecule has 9 heteroatoms. The predicted molar refractivity (Wildman–Crippen MR) is 206 cm³/mol. The molecule has 1 aliphatic heterocycles. The van der Waals surface area contributed by atoms with E-state index < -0.39 is 35.8 Å². The Balaban J connectivity index is 1.16. The lowest BCUT2D eigenvalue weighted by atomic mass is 9.90. The van der Waals surface area contributed by atoms with E-state index in [1.165, 1.54) is 12.0 Å². The molecule has 270 valence electrons. The molecular formula is C44H44N4O5. The lowest BCUT2D eigenvalue weighted by Crippen LogP contribution is -2.52. The van der Waals surface area contributed by atoms with Crippen LogP contribution in [0.5, 0.6) is 5.75 Å². The molecule has 0 unspecified atom stereocenters. The van der Waals surface area contributed by atoms with Crippen LogP contribution in [0.2, 0.25) is 0 Å². The quantitative estimate of drug-likeness (QED) is 0.124. The van der Waals surface area contributed by atoms with Crippen molar-refractivity contribution >= 4 is 23.8 Å². The fourth-order valence-electron chi connectivity index (χ4n) is 6.84. The lowest BCUT2D eigenvalue weighted by Gasteiger charge is -2.32. The number of urea groups is 1. The Bertz CT molecular complexity index is 2070. The topological polar surface area (TPSA) is 108 Å². The summed E-state index contributed by atoms with van der Waals surface area (Å²) in [5.41, 5.74) is 5.27. The number of ether oxygens (including phenoxy) is 1. The molecule has 1 aliphatic rings.